The Morgan fingerprint density at radius 1 is 1.00 bits per heavy atom. The minimum absolute atomic E-state index is 0.0423. The Bertz CT molecular complexity index is 1240. The summed E-state index contributed by atoms with van der Waals surface area (Å²) in [4.78, 5) is 12.8. The van der Waals surface area contributed by atoms with Crippen molar-refractivity contribution in [3.63, 3.8) is 0 Å². The molecule has 30 heavy (non-hydrogen) atoms. The SMILES string of the molecule is COc1ccc(/C(COc2ccc3c(=O)c(-c4ccccc4)coc3c2)=N\O)cc1. The van der Waals surface area contributed by atoms with Gasteiger partial charge in [0.25, 0.3) is 0 Å². The van der Waals surface area contributed by atoms with Gasteiger partial charge in [0.05, 0.1) is 18.1 Å². The van der Waals surface area contributed by atoms with Gasteiger partial charge in [0.1, 0.15) is 35.7 Å². The number of hydrogen-bond acceptors (Lipinski definition) is 6. The topological polar surface area (TPSA) is 81.3 Å². The molecule has 0 aliphatic rings. The molecule has 0 radical (unpaired) electrons. The van der Waals surface area contributed by atoms with Crippen LogP contribution in [0.5, 0.6) is 11.5 Å². The van der Waals surface area contributed by atoms with Crippen molar-refractivity contribution in [1.29, 1.82) is 0 Å². The standard InChI is InChI=1S/C24H19NO5/c1-28-18-9-7-17(8-10-18)22(25-27)15-29-19-11-12-20-23(13-19)30-14-21(24(20)26)16-5-3-2-4-6-16/h2-14,27H,15H2,1H3/b25-22-. The maximum absolute atomic E-state index is 12.8. The summed E-state index contributed by atoms with van der Waals surface area (Å²) in [7, 11) is 1.58. The molecule has 6 heteroatoms. The van der Waals surface area contributed by atoms with Gasteiger partial charge in [-0.2, -0.15) is 0 Å². The van der Waals surface area contributed by atoms with Gasteiger partial charge in [-0.3, -0.25) is 4.79 Å². The first-order chi connectivity index (χ1) is 14.7. The number of rotatable bonds is 6. The number of nitrogens with zero attached hydrogens (tertiary/aromatic N) is 1. The predicted octanol–water partition coefficient (Wildman–Crippen LogP) is 4.73. The Hall–Kier alpha value is -4.06. The molecule has 0 amide bonds. The maximum Gasteiger partial charge on any atom is 0.200 e. The molecule has 4 rings (SSSR count). The average molecular weight is 401 g/mol. The number of hydrogen-bond donors (Lipinski definition) is 1. The summed E-state index contributed by atoms with van der Waals surface area (Å²) in [5.74, 6) is 1.20. The highest BCUT2D eigenvalue weighted by Crippen LogP contribution is 2.23. The Balaban J connectivity index is 1.55. The molecule has 0 saturated heterocycles. The van der Waals surface area contributed by atoms with Crippen LogP contribution in [0.3, 0.4) is 0 Å². The van der Waals surface area contributed by atoms with E-state index in [-0.39, 0.29) is 12.0 Å². The van der Waals surface area contributed by atoms with Gasteiger partial charge in [-0.1, -0.05) is 35.5 Å². The van der Waals surface area contributed by atoms with Gasteiger partial charge >= 0.3 is 0 Å². The molecular weight excluding hydrogens is 382 g/mol. The molecule has 0 atom stereocenters. The minimum atomic E-state index is -0.107. The van der Waals surface area contributed by atoms with E-state index in [1.807, 2.05) is 30.3 Å². The van der Waals surface area contributed by atoms with Gasteiger partial charge in [0.2, 0.25) is 0 Å². The van der Waals surface area contributed by atoms with E-state index >= 15 is 0 Å². The van der Waals surface area contributed by atoms with Crippen molar-refractivity contribution in [3.05, 3.63) is 94.8 Å². The van der Waals surface area contributed by atoms with E-state index in [2.05, 4.69) is 5.16 Å². The highest BCUT2D eigenvalue weighted by Gasteiger charge is 2.11. The van der Waals surface area contributed by atoms with Crippen LogP contribution < -0.4 is 14.9 Å². The lowest BCUT2D eigenvalue weighted by atomic mass is 10.1. The van der Waals surface area contributed by atoms with Crippen LogP contribution in [-0.2, 0) is 0 Å². The third-order valence-electron chi connectivity index (χ3n) is 4.75. The molecule has 4 aromatic rings. The summed E-state index contributed by atoms with van der Waals surface area (Å²) in [6, 6.07) is 21.5. The number of oxime groups is 1. The molecule has 0 unspecified atom stereocenters. The summed E-state index contributed by atoms with van der Waals surface area (Å²) < 4.78 is 16.6. The zero-order valence-electron chi connectivity index (χ0n) is 16.2. The normalized spacial score (nSPS) is 11.4. The molecule has 0 aliphatic heterocycles. The van der Waals surface area contributed by atoms with Gasteiger partial charge in [-0.05, 0) is 42.0 Å². The number of fused-ring (bicyclic) bond motifs is 1. The number of ether oxygens (including phenoxy) is 2. The van der Waals surface area contributed by atoms with Crippen LogP contribution in [0.1, 0.15) is 5.56 Å². The van der Waals surface area contributed by atoms with Crippen molar-refractivity contribution >= 4 is 16.7 Å². The van der Waals surface area contributed by atoms with Crippen LogP contribution in [0.15, 0.2) is 93.4 Å². The van der Waals surface area contributed by atoms with Crippen LogP contribution in [0.2, 0.25) is 0 Å². The fourth-order valence-electron chi connectivity index (χ4n) is 3.12. The lowest BCUT2D eigenvalue weighted by Gasteiger charge is -2.09. The highest BCUT2D eigenvalue weighted by molar-refractivity contribution is 6.01. The Kier molecular flexibility index (Phi) is 5.48. The Labute approximate surface area is 172 Å². The van der Waals surface area contributed by atoms with Gasteiger partial charge in [-0.25, -0.2) is 0 Å². The van der Waals surface area contributed by atoms with Gasteiger partial charge < -0.3 is 19.1 Å². The first-order valence-electron chi connectivity index (χ1n) is 9.29. The van der Waals surface area contributed by atoms with Crippen molar-refractivity contribution < 1.29 is 19.1 Å². The second-order valence-corrected chi connectivity index (χ2v) is 6.57. The second kappa shape index (κ2) is 8.53. The lowest BCUT2D eigenvalue weighted by Crippen LogP contribution is -2.13. The van der Waals surface area contributed by atoms with E-state index in [0.717, 1.165) is 5.56 Å². The van der Waals surface area contributed by atoms with E-state index < -0.39 is 0 Å². The summed E-state index contributed by atoms with van der Waals surface area (Å²) in [5.41, 5.74) is 2.69. The Morgan fingerprint density at radius 2 is 1.73 bits per heavy atom. The summed E-state index contributed by atoms with van der Waals surface area (Å²) in [5, 5.41) is 13.1. The molecule has 0 aliphatic carbocycles. The third-order valence-corrected chi connectivity index (χ3v) is 4.75. The molecule has 0 bridgehead atoms. The van der Waals surface area contributed by atoms with E-state index in [4.69, 9.17) is 13.9 Å². The minimum Gasteiger partial charge on any atom is -0.497 e. The van der Waals surface area contributed by atoms with E-state index in [9.17, 15) is 10.0 Å². The predicted molar refractivity (Wildman–Crippen MR) is 115 cm³/mol. The zero-order chi connectivity index (χ0) is 20.9. The Morgan fingerprint density at radius 3 is 2.43 bits per heavy atom. The molecule has 1 heterocycles. The summed E-state index contributed by atoms with van der Waals surface area (Å²) in [6.45, 7) is 0.0423. The van der Waals surface area contributed by atoms with E-state index in [0.29, 0.717) is 39.3 Å². The van der Waals surface area contributed by atoms with Crippen molar-refractivity contribution in [2.45, 2.75) is 0 Å². The molecule has 0 spiro atoms. The van der Waals surface area contributed by atoms with Crippen molar-refractivity contribution in [3.8, 4) is 22.6 Å². The molecule has 1 aromatic heterocycles. The smallest absolute Gasteiger partial charge is 0.200 e. The molecular formula is C24H19NO5. The maximum atomic E-state index is 12.8. The van der Waals surface area contributed by atoms with Crippen LogP contribution in [-0.4, -0.2) is 24.6 Å². The third kappa shape index (κ3) is 3.89. The molecule has 0 fully saturated rings. The fourth-order valence-corrected chi connectivity index (χ4v) is 3.12. The van der Waals surface area contributed by atoms with E-state index in [1.165, 1.54) is 6.26 Å². The van der Waals surface area contributed by atoms with Gasteiger partial charge in [0.15, 0.2) is 5.43 Å². The van der Waals surface area contributed by atoms with Gasteiger partial charge in [0, 0.05) is 11.6 Å². The van der Waals surface area contributed by atoms with Crippen LogP contribution in [0.4, 0.5) is 0 Å². The summed E-state index contributed by atoms with van der Waals surface area (Å²) in [6.07, 6.45) is 1.46. The molecule has 3 aromatic carbocycles. The summed E-state index contributed by atoms with van der Waals surface area (Å²) >= 11 is 0. The van der Waals surface area contributed by atoms with Crippen LogP contribution in [0.25, 0.3) is 22.1 Å². The van der Waals surface area contributed by atoms with Gasteiger partial charge in [-0.15, -0.1) is 0 Å². The average Bonchev–Trinajstić information content (AvgIpc) is 2.80. The van der Waals surface area contributed by atoms with E-state index in [1.54, 1.807) is 49.6 Å². The highest BCUT2D eigenvalue weighted by atomic mass is 16.5. The first kappa shape index (κ1) is 19.3. The fraction of sp³-hybridized carbons (Fsp3) is 0.0833. The second-order valence-electron chi connectivity index (χ2n) is 6.57. The molecule has 150 valence electrons. The zero-order valence-corrected chi connectivity index (χ0v) is 16.2. The van der Waals surface area contributed by atoms with Crippen molar-refractivity contribution in [1.82, 2.24) is 0 Å². The number of benzene rings is 3. The monoisotopic (exact) mass is 401 g/mol. The number of methoxy groups -OCH3 is 1. The first-order valence-corrected chi connectivity index (χ1v) is 9.29. The largest absolute Gasteiger partial charge is 0.497 e. The molecule has 0 saturated carbocycles. The van der Waals surface area contributed by atoms with Crippen molar-refractivity contribution in [2.75, 3.05) is 13.7 Å². The van der Waals surface area contributed by atoms with Crippen LogP contribution in [0, 0.1) is 0 Å². The molecule has 6 nitrogen and oxygen atoms in total. The van der Waals surface area contributed by atoms with Crippen molar-refractivity contribution in [2.24, 2.45) is 5.16 Å². The molecule has 1 N–H and O–H groups in total. The van der Waals surface area contributed by atoms with Crippen LogP contribution >= 0.6 is 0 Å². The lowest BCUT2D eigenvalue weighted by molar-refractivity contribution is 0.308. The quantitative estimate of drug-likeness (QED) is 0.287.